The summed E-state index contributed by atoms with van der Waals surface area (Å²) >= 11 is 0. The van der Waals surface area contributed by atoms with Gasteiger partial charge in [0.05, 0.1) is 47.8 Å². The molecule has 61 heavy (non-hydrogen) atoms. The molecule has 4 amide bonds. The minimum atomic E-state index is -0.774. The van der Waals surface area contributed by atoms with Gasteiger partial charge in [0.15, 0.2) is 11.5 Å². The molecule has 6 aromatic rings. The molecule has 0 spiro atoms. The molecule has 0 atom stereocenters. The molecule has 0 radical (unpaired) electrons. The van der Waals surface area contributed by atoms with Crippen molar-refractivity contribution < 1.29 is 33.0 Å². The van der Waals surface area contributed by atoms with Crippen LogP contribution in [0.15, 0.2) is 48.6 Å². The van der Waals surface area contributed by atoms with Crippen LogP contribution in [0.3, 0.4) is 0 Å². The summed E-state index contributed by atoms with van der Waals surface area (Å²) in [6.07, 6.45) is 4.32. The van der Waals surface area contributed by atoms with E-state index in [1.165, 1.54) is 17.7 Å². The molecule has 0 unspecified atom stereocenters. The molecule has 19 nitrogen and oxygen atoms in total. The Labute approximate surface area is 349 Å². The maximum Gasteiger partial charge on any atom is 0.279 e. The Bertz CT molecular complexity index is 2670. The second-order valence-electron chi connectivity index (χ2n) is 14.5. The van der Waals surface area contributed by atoms with E-state index in [9.17, 15) is 19.2 Å². The number of fused-ring (bicyclic) bond motifs is 2. The zero-order valence-electron chi connectivity index (χ0n) is 34.4. The van der Waals surface area contributed by atoms with Crippen LogP contribution < -0.4 is 26.8 Å². The van der Waals surface area contributed by atoms with Crippen molar-refractivity contribution in [1.82, 2.24) is 43.6 Å². The van der Waals surface area contributed by atoms with Gasteiger partial charge in [0.2, 0.25) is 23.7 Å². The van der Waals surface area contributed by atoms with Gasteiger partial charge in [-0.05, 0) is 70.5 Å². The molecular weight excluding hydrogens is 790 g/mol. The van der Waals surface area contributed by atoms with Gasteiger partial charge in [-0.25, -0.2) is 14.4 Å². The number of morpholine rings is 1. The average Bonchev–Trinajstić information content (AvgIpc) is 3.98. The maximum absolute atomic E-state index is 15.3. The van der Waals surface area contributed by atoms with E-state index in [1.54, 1.807) is 58.0 Å². The number of allylic oxidation sites excluding steroid dienone is 2. The fourth-order valence-corrected chi connectivity index (χ4v) is 7.27. The summed E-state index contributed by atoms with van der Waals surface area (Å²) in [6, 6.07) is 9.57. The van der Waals surface area contributed by atoms with Crippen LogP contribution in [0.5, 0.6) is 5.75 Å². The highest BCUT2D eigenvalue weighted by Crippen LogP contribution is 2.32. The van der Waals surface area contributed by atoms with Crippen molar-refractivity contribution in [2.24, 2.45) is 11.5 Å². The molecule has 1 aliphatic heterocycles. The quantitative estimate of drug-likeness (QED) is 0.0765. The van der Waals surface area contributed by atoms with Gasteiger partial charge in [0.25, 0.3) is 11.8 Å². The molecule has 2 aromatic carbocycles. The molecule has 6 N–H and O–H groups in total. The monoisotopic (exact) mass is 837 g/mol. The number of carbonyl (C=O) groups excluding carboxylic acids is 4. The van der Waals surface area contributed by atoms with Crippen LogP contribution in [0.1, 0.15) is 73.3 Å². The number of nitrogens with one attached hydrogen (secondary N) is 2. The van der Waals surface area contributed by atoms with Crippen molar-refractivity contribution in [2.75, 3.05) is 50.1 Å². The second kappa shape index (κ2) is 18.1. The first-order valence-corrected chi connectivity index (χ1v) is 20.0. The number of nitrogens with two attached hydrogens (primary N) is 2. The van der Waals surface area contributed by atoms with Crippen molar-refractivity contribution in [2.45, 2.75) is 60.3 Å². The van der Waals surface area contributed by atoms with Gasteiger partial charge >= 0.3 is 0 Å². The first-order valence-electron chi connectivity index (χ1n) is 20.0. The first kappa shape index (κ1) is 42.2. The van der Waals surface area contributed by atoms with Crippen LogP contribution in [-0.4, -0.2) is 107 Å². The lowest BCUT2D eigenvalue weighted by Gasteiger charge is -2.26. The van der Waals surface area contributed by atoms with Crippen molar-refractivity contribution in [3.05, 3.63) is 88.3 Å². The summed E-state index contributed by atoms with van der Waals surface area (Å²) < 4.78 is 33.4. The highest BCUT2D eigenvalue weighted by atomic mass is 19.1. The third-order valence-electron chi connectivity index (χ3n) is 10.3. The number of rotatable bonds is 17. The lowest BCUT2D eigenvalue weighted by molar-refractivity contribution is 0.0358. The number of aromatic nitrogens is 8. The smallest absolute Gasteiger partial charge is 0.279 e. The standard InChI is InChI=1S/C41H48FN13O6/c1-5-54-31(20-24(3)49-54)38(58)47-40-45-28-21-26(36(43)56)10-11-30(28)52(40)13-7-8-14-53-34-29(46-41(53)48-39(59)35-33(42)25(4)50-55(35)6-2)22-27(37(44)57)23-32(34)61-17-9-12-51-15-18-60-19-16-51/h7-8,10-11,20-23H,5-6,9,12-19H2,1-4H3,(H2,43,56)(H2,44,57)(H,45,47,58)(H,46,48,59)/b8-7+. The minimum absolute atomic E-state index is 0.0492. The van der Waals surface area contributed by atoms with E-state index < -0.39 is 29.4 Å². The first-order chi connectivity index (χ1) is 29.4. The molecule has 0 saturated carbocycles. The predicted molar refractivity (Wildman–Crippen MR) is 224 cm³/mol. The summed E-state index contributed by atoms with van der Waals surface area (Å²) in [6.45, 7) is 12.0. The second-order valence-corrected chi connectivity index (χ2v) is 14.5. The number of nitrogens with zero attached hydrogens (tertiary/aromatic N) is 9. The van der Waals surface area contributed by atoms with Gasteiger partial charge < -0.3 is 30.1 Å². The lowest BCUT2D eigenvalue weighted by atomic mass is 10.1. The van der Waals surface area contributed by atoms with E-state index in [4.69, 9.17) is 20.9 Å². The molecule has 1 aliphatic rings. The number of aryl methyl sites for hydroxylation is 4. The number of amides is 4. The molecule has 5 heterocycles. The fourth-order valence-electron chi connectivity index (χ4n) is 7.27. The third kappa shape index (κ3) is 8.99. The van der Waals surface area contributed by atoms with E-state index in [-0.39, 0.29) is 54.0 Å². The highest BCUT2D eigenvalue weighted by Gasteiger charge is 2.26. The summed E-state index contributed by atoms with van der Waals surface area (Å²) in [4.78, 5) is 63.4. The van der Waals surface area contributed by atoms with Crippen molar-refractivity contribution in [3.8, 4) is 5.75 Å². The van der Waals surface area contributed by atoms with Crippen LogP contribution in [0.2, 0.25) is 0 Å². The Morgan fingerprint density at radius 1 is 0.836 bits per heavy atom. The summed E-state index contributed by atoms with van der Waals surface area (Å²) in [7, 11) is 0. The maximum atomic E-state index is 15.3. The molecular formula is C41H48FN13O6. The van der Waals surface area contributed by atoms with E-state index in [1.807, 2.05) is 19.1 Å². The fraction of sp³-hybridized carbons (Fsp3) is 0.366. The number of anilines is 2. The number of hydrogen-bond acceptors (Lipinski definition) is 11. The van der Waals surface area contributed by atoms with Crippen LogP contribution in [0.4, 0.5) is 16.3 Å². The van der Waals surface area contributed by atoms with Crippen LogP contribution in [0, 0.1) is 19.7 Å². The summed E-state index contributed by atoms with van der Waals surface area (Å²) in [5.74, 6) is -2.70. The SMILES string of the molecule is CCn1nc(C)cc1C(=O)Nc1nc2cc(C(N)=O)ccc2n1C/C=C/Cn1c(NC(=O)c2c(F)c(C)nn2CC)nc2cc(C(N)=O)cc(OCCCN3CCOCC3)c21. The van der Waals surface area contributed by atoms with Gasteiger partial charge in [-0.15, -0.1) is 0 Å². The number of halogens is 1. The Morgan fingerprint density at radius 2 is 1.49 bits per heavy atom. The zero-order chi connectivity index (χ0) is 43.4. The normalized spacial score (nSPS) is 13.4. The van der Waals surface area contributed by atoms with E-state index >= 15 is 4.39 Å². The van der Waals surface area contributed by atoms with Crippen LogP contribution in [-0.2, 0) is 30.9 Å². The van der Waals surface area contributed by atoms with Gasteiger partial charge in [-0.3, -0.25) is 44.1 Å². The highest BCUT2D eigenvalue weighted by molar-refractivity contribution is 6.05. The number of ether oxygens (including phenoxy) is 2. The van der Waals surface area contributed by atoms with Crippen molar-refractivity contribution in [1.29, 1.82) is 0 Å². The molecule has 0 bridgehead atoms. The van der Waals surface area contributed by atoms with E-state index in [0.29, 0.717) is 72.0 Å². The molecule has 20 heteroatoms. The predicted octanol–water partition coefficient (Wildman–Crippen LogP) is 3.63. The zero-order valence-corrected chi connectivity index (χ0v) is 34.4. The van der Waals surface area contributed by atoms with Gasteiger partial charge in [-0.2, -0.15) is 10.2 Å². The van der Waals surface area contributed by atoms with Crippen LogP contribution in [0.25, 0.3) is 22.1 Å². The Morgan fingerprint density at radius 3 is 2.20 bits per heavy atom. The van der Waals surface area contributed by atoms with Crippen molar-refractivity contribution in [3.63, 3.8) is 0 Å². The molecule has 0 aliphatic carbocycles. The third-order valence-corrected chi connectivity index (χ3v) is 10.3. The Balaban J connectivity index is 1.23. The number of carbonyl (C=O) groups is 4. The molecule has 1 fully saturated rings. The summed E-state index contributed by atoms with van der Waals surface area (Å²) in [5.41, 5.74) is 14.4. The van der Waals surface area contributed by atoms with E-state index in [2.05, 4.69) is 35.7 Å². The number of primary amides is 2. The number of hydrogen-bond donors (Lipinski definition) is 4. The molecule has 320 valence electrons. The van der Waals surface area contributed by atoms with Crippen molar-refractivity contribution >= 4 is 57.6 Å². The van der Waals surface area contributed by atoms with E-state index in [0.717, 1.165) is 19.6 Å². The van der Waals surface area contributed by atoms with Gasteiger partial charge in [-0.1, -0.05) is 12.2 Å². The Kier molecular flexibility index (Phi) is 12.5. The minimum Gasteiger partial charge on any atom is -0.491 e. The molecule has 7 rings (SSSR count). The number of imidazole rings is 2. The topological polar surface area (TPSA) is 237 Å². The largest absolute Gasteiger partial charge is 0.491 e. The van der Waals surface area contributed by atoms with Gasteiger partial charge in [0, 0.05) is 56.9 Å². The Hall–Kier alpha value is -6.93. The molecule has 4 aromatic heterocycles. The summed E-state index contributed by atoms with van der Waals surface area (Å²) in [5, 5.41) is 14.2. The van der Waals surface area contributed by atoms with Crippen LogP contribution >= 0.6 is 0 Å². The number of benzene rings is 2. The van der Waals surface area contributed by atoms with Gasteiger partial charge in [0.1, 0.15) is 17.0 Å². The molecule has 1 saturated heterocycles. The average molecular weight is 838 g/mol. The lowest BCUT2D eigenvalue weighted by Crippen LogP contribution is -2.37.